The summed E-state index contributed by atoms with van der Waals surface area (Å²) >= 11 is 0. The lowest BCUT2D eigenvalue weighted by Gasteiger charge is -2.47. The fourth-order valence-corrected chi connectivity index (χ4v) is 7.67. The molecule has 0 bridgehead atoms. The molecule has 2 fully saturated rings. The Labute approximate surface area is 296 Å². The molecule has 5 atom stereocenters. The van der Waals surface area contributed by atoms with Crippen LogP contribution in [-0.4, -0.2) is 100 Å². The van der Waals surface area contributed by atoms with Crippen LogP contribution in [0.4, 0.5) is 20.2 Å². The molecule has 2 aromatic carbocycles. The lowest BCUT2D eigenvalue weighted by atomic mass is 9.97. The average molecular weight is 706 g/mol. The number of hydrogen-bond acceptors (Lipinski definition) is 9. The van der Waals surface area contributed by atoms with Crippen molar-refractivity contribution in [3.05, 3.63) is 95.2 Å². The highest BCUT2D eigenvalue weighted by atomic mass is 19.1. The summed E-state index contributed by atoms with van der Waals surface area (Å²) in [4.78, 5) is 18.4. The number of piperazine rings is 1. The molecule has 4 heterocycles. The molecule has 0 amide bonds. The van der Waals surface area contributed by atoms with Crippen molar-refractivity contribution in [1.29, 1.82) is 0 Å². The van der Waals surface area contributed by atoms with E-state index in [0.717, 1.165) is 50.1 Å². The molecular weight excluding hydrogens is 658 g/mol. The van der Waals surface area contributed by atoms with Crippen molar-refractivity contribution < 1.29 is 27.9 Å². The number of hydrazine groups is 1. The van der Waals surface area contributed by atoms with Crippen LogP contribution in [0.15, 0.2) is 77.9 Å². The van der Waals surface area contributed by atoms with E-state index in [1.165, 1.54) is 16.8 Å². The van der Waals surface area contributed by atoms with Crippen LogP contribution in [-0.2, 0) is 10.4 Å². The zero-order valence-electron chi connectivity index (χ0n) is 29.2. The first kappa shape index (κ1) is 34.9. The van der Waals surface area contributed by atoms with Crippen molar-refractivity contribution in [3.63, 3.8) is 0 Å². The second-order valence-electron chi connectivity index (χ2n) is 13.8. The zero-order valence-corrected chi connectivity index (χ0v) is 29.2. The summed E-state index contributed by atoms with van der Waals surface area (Å²) in [7, 11) is 0. The first-order valence-electron chi connectivity index (χ1n) is 17.8. The van der Waals surface area contributed by atoms with Crippen LogP contribution < -0.4 is 25.8 Å². The summed E-state index contributed by atoms with van der Waals surface area (Å²) in [5.41, 5.74) is 3.59. The Hall–Kier alpha value is -4.53. The van der Waals surface area contributed by atoms with Crippen molar-refractivity contribution in [2.75, 3.05) is 62.5 Å². The molecule has 2 saturated heterocycles. The number of halogens is 2. The van der Waals surface area contributed by atoms with E-state index in [-0.39, 0.29) is 23.8 Å². The molecule has 1 unspecified atom stereocenters. The maximum absolute atomic E-state index is 14.2. The highest BCUT2D eigenvalue weighted by Crippen LogP contribution is 2.33. The highest BCUT2D eigenvalue weighted by Gasteiger charge is 2.40. The van der Waals surface area contributed by atoms with Crippen molar-refractivity contribution in [1.82, 2.24) is 24.7 Å². The van der Waals surface area contributed by atoms with Gasteiger partial charge < -0.3 is 19.5 Å². The molecular formula is C37H47F2N8O4+. The van der Waals surface area contributed by atoms with Crippen molar-refractivity contribution in [3.8, 4) is 5.75 Å². The van der Waals surface area contributed by atoms with Gasteiger partial charge in [0.2, 0.25) is 0 Å². The van der Waals surface area contributed by atoms with Crippen LogP contribution in [0.3, 0.4) is 0 Å². The molecule has 3 aliphatic heterocycles. The maximum atomic E-state index is 14.2. The molecule has 7 rings (SSSR count). The lowest BCUT2D eigenvalue weighted by molar-refractivity contribution is -0.524. The lowest BCUT2D eigenvalue weighted by Crippen LogP contribution is -2.59. The Morgan fingerprint density at radius 3 is 2.65 bits per heavy atom. The first-order chi connectivity index (χ1) is 24.7. The van der Waals surface area contributed by atoms with Gasteiger partial charge in [-0.15, -0.1) is 0 Å². The third kappa shape index (κ3) is 7.30. The monoisotopic (exact) mass is 705 g/mol. The van der Waals surface area contributed by atoms with E-state index in [4.69, 9.17) is 9.47 Å². The third-order valence-electron chi connectivity index (χ3n) is 10.5. The van der Waals surface area contributed by atoms with E-state index in [1.807, 2.05) is 35.8 Å². The summed E-state index contributed by atoms with van der Waals surface area (Å²) in [6, 6.07) is 11.4. The number of anilines is 2. The number of aliphatic hydroxyl groups excluding tert-OH is 1. The third-order valence-corrected chi connectivity index (χ3v) is 10.5. The minimum Gasteiger partial charge on any atom is -0.493 e. The minimum absolute atomic E-state index is 0.0299. The van der Waals surface area contributed by atoms with Crippen molar-refractivity contribution >= 4 is 17.7 Å². The number of aliphatic hydroxyl groups is 1. The van der Waals surface area contributed by atoms with E-state index >= 15 is 0 Å². The van der Waals surface area contributed by atoms with Gasteiger partial charge in [-0.1, -0.05) is 25.2 Å². The second-order valence-corrected chi connectivity index (χ2v) is 13.8. The number of allylic oxidation sites excluding steroid dienone is 2. The van der Waals surface area contributed by atoms with Gasteiger partial charge in [-0.2, -0.15) is 15.5 Å². The predicted octanol–water partition coefficient (Wildman–Crippen LogP) is 3.45. The van der Waals surface area contributed by atoms with Gasteiger partial charge in [0.1, 0.15) is 35.8 Å². The van der Waals surface area contributed by atoms with Crippen LogP contribution >= 0.6 is 0 Å². The molecule has 272 valence electrons. The quantitative estimate of drug-likeness (QED) is 0.275. The number of nitrogens with zero attached hydrogens (tertiary/aromatic N) is 7. The van der Waals surface area contributed by atoms with E-state index < -0.39 is 23.4 Å². The zero-order chi connectivity index (χ0) is 35.5. The molecule has 51 heavy (non-hydrogen) atoms. The van der Waals surface area contributed by atoms with Crippen LogP contribution in [0.5, 0.6) is 5.75 Å². The van der Waals surface area contributed by atoms with Gasteiger partial charge in [-0.25, -0.2) is 22.8 Å². The average Bonchev–Trinajstić information content (AvgIpc) is 3.89. The van der Waals surface area contributed by atoms with E-state index in [2.05, 4.69) is 44.6 Å². The summed E-state index contributed by atoms with van der Waals surface area (Å²) in [6.45, 7) is 9.02. The van der Waals surface area contributed by atoms with Crippen LogP contribution in [0.1, 0.15) is 39.2 Å². The molecule has 0 spiro atoms. The molecule has 3 aromatic rings. The van der Waals surface area contributed by atoms with E-state index in [1.54, 1.807) is 29.2 Å². The smallest absolute Gasteiger partial charge is 0.347 e. The highest BCUT2D eigenvalue weighted by molar-refractivity contribution is 5.58. The predicted molar refractivity (Wildman–Crippen MR) is 190 cm³/mol. The normalized spacial score (nSPS) is 24.8. The van der Waals surface area contributed by atoms with E-state index in [0.29, 0.717) is 45.0 Å². The first-order valence-corrected chi connectivity index (χ1v) is 17.8. The van der Waals surface area contributed by atoms with Gasteiger partial charge in [0.15, 0.2) is 12.5 Å². The van der Waals surface area contributed by atoms with Gasteiger partial charge in [0.05, 0.1) is 31.5 Å². The van der Waals surface area contributed by atoms with Crippen LogP contribution in [0, 0.1) is 17.6 Å². The largest absolute Gasteiger partial charge is 0.493 e. The Morgan fingerprint density at radius 1 is 1.14 bits per heavy atom. The minimum atomic E-state index is -0.682. The molecule has 0 radical (unpaired) electrons. The maximum Gasteiger partial charge on any atom is 0.347 e. The number of benzene rings is 2. The van der Waals surface area contributed by atoms with Gasteiger partial charge in [-0.05, 0) is 62.2 Å². The van der Waals surface area contributed by atoms with Gasteiger partial charge in [-0.3, -0.25) is 9.47 Å². The summed E-state index contributed by atoms with van der Waals surface area (Å²) in [5.74, 6) is -0.137. The number of rotatable bonds is 12. The van der Waals surface area contributed by atoms with Crippen LogP contribution in [0.2, 0.25) is 0 Å². The Balaban J connectivity index is 0.891. The molecule has 1 aromatic heterocycles. The number of aromatic nitrogens is 3. The Bertz CT molecular complexity index is 1820. The van der Waals surface area contributed by atoms with Crippen molar-refractivity contribution in [2.24, 2.45) is 5.92 Å². The van der Waals surface area contributed by atoms with Gasteiger partial charge in [0.25, 0.3) is 6.34 Å². The molecule has 14 heteroatoms. The van der Waals surface area contributed by atoms with Gasteiger partial charge >= 0.3 is 5.69 Å². The molecule has 0 saturated carbocycles. The number of ether oxygens (including phenoxy) is 2. The fourth-order valence-electron chi connectivity index (χ4n) is 7.67. The summed E-state index contributed by atoms with van der Waals surface area (Å²) < 4.78 is 44.9. The topological polar surface area (TPSA) is 103 Å². The van der Waals surface area contributed by atoms with Gasteiger partial charge in [0, 0.05) is 50.3 Å². The molecule has 2 N–H and O–H groups in total. The Kier molecular flexibility index (Phi) is 10.3. The Morgan fingerprint density at radius 2 is 1.94 bits per heavy atom. The SMILES string of the molecule is CC[C@@H]([C@H](C)O)n1ncn(C2(N3CCN(c4ccc(OC[C@H]5CO[C@@H](C[N+]6=CNN(c7ccc(F)cc7F)C6)C5)cc4)CC3)C=CC=CC2)c1=O. The summed E-state index contributed by atoms with van der Waals surface area (Å²) in [6.07, 6.45) is 13.1. The molecule has 1 aliphatic carbocycles. The number of nitrogens with one attached hydrogen (secondary N) is 1. The molecule has 4 aliphatic rings. The standard InChI is InChI=1S/C37H46F2N8O4/c1-3-34(27(2)48)47-36(49)45(25-41-47)37(13-5-4-6-14-37)44-17-15-43(16-18-44)30-8-10-31(11-9-30)50-22-28-19-32(51-23-28)21-42-24-40-46(26-42)35-12-7-29(38)20-33(35)39/h4-13,20,24-25,27-28,32,34,48H,3,14-19,21-23,26H2,1-2H3/p+1/t27-,28-,32+,34-,37?/m0/s1. The van der Waals surface area contributed by atoms with Crippen LogP contribution in [0.25, 0.3) is 0 Å². The van der Waals surface area contributed by atoms with E-state index in [9.17, 15) is 18.7 Å². The second kappa shape index (κ2) is 15.0. The fraction of sp³-hybridized carbons (Fsp3) is 0.486. The number of hydrogen-bond donors (Lipinski definition) is 2. The van der Waals surface area contributed by atoms with Crippen molar-refractivity contribution in [2.45, 2.75) is 57.0 Å². The molecule has 12 nitrogen and oxygen atoms in total. The summed E-state index contributed by atoms with van der Waals surface area (Å²) in [5, 5.41) is 16.4.